The van der Waals surface area contributed by atoms with E-state index in [1.165, 1.54) is 55.1 Å². The minimum Gasteiger partial charge on any atom is -0.496 e. The lowest BCUT2D eigenvalue weighted by Crippen LogP contribution is -2.54. The smallest absolute Gasteiger partial charge is 0.333 e. The van der Waals surface area contributed by atoms with E-state index in [1.807, 2.05) is 0 Å². The number of nitrogens with two attached hydrogens (primary N) is 1. The fourth-order valence-electron chi connectivity index (χ4n) is 5.33. The second kappa shape index (κ2) is 11.3. The van der Waals surface area contributed by atoms with Crippen molar-refractivity contribution in [1.29, 1.82) is 0 Å². The van der Waals surface area contributed by atoms with Crippen LogP contribution in [0.2, 0.25) is 0 Å². The van der Waals surface area contributed by atoms with Gasteiger partial charge in [0.2, 0.25) is 5.91 Å². The van der Waals surface area contributed by atoms with Crippen molar-refractivity contribution < 1.29 is 23.5 Å². The summed E-state index contributed by atoms with van der Waals surface area (Å²) in [5.74, 6) is -0.890. The molecule has 1 aliphatic carbocycles. The molecule has 2 N–H and O–H groups in total. The first-order valence-electron chi connectivity index (χ1n) is 13.5. The standard InChI is InChI=1S/C29H32FN5O6S/c1-16-23-24(37)35(29(2,3)27(31)38)28(39)33(26(23)42-25(16)34-13-5-12-32-34)15-22(41-19-9-7-18(36)8-10-19)20-14-17(30)6-11-21(20)40-4/h5-6,11-14,19,22H,7-10,15H2,1-4H3,(H2,31,38)/t22-/m0/s1. The lowest BCUT2D eigenvalue weighted by Gasteiger charge is -2.30. The molecule has 11 nitrogen and oxygen atoms in total. The van der Waals surface area contributed by atoms with Crippen LogP contribution in [-0.2, 0) is 26.4 Å². The van der Waals surface area contributed by atoms with Crippen LogP contribution in [0.15, 0.2) is 46.2 Å². The van der Waals surface area contributed by atoms with Crippen molar-refractivity contribution in [3.63, 3.8) is 0 Å². The number of aryl methyl sites for hydroxylation is 1. The van der Waals surface area contributed by atoms with Crippen molar-refractivity contribution in [3.05, 3.63) is 74.4 Å². The van der Waals surface area contributed by atoms with Gasteiger partial charge in [0, 0.05) is 36.4 Å². The Morgan fingerprint density at radius 2 is 1.95 bits per heavy atom. The van der Waals surface area contributed by atoms with Gasteiger partial charge in [0.25, 0.3) is 5.56 Å². The Hall–Kier alpha value is -4.10. The number of fused-ring (bicyclic) bond motifs is 1. The first-order valence-corrected chi connectivity index (χ1v) is 14.4. The molecule has 0 saturated heterocycles. The zero-order chi connectivity index (χ0) is 30.3. The molecule has 0 unspecified atom stereocenters. The van der Waals surface area contributed by atoms with Gasteiger partial charge in [-0.2, -0.15) is 5.10 Å². The molecule has 1 fully saturated rings. The van der Waals surface area contributed by atoms with Gasteiger partial charge in [0.15, 0.2) is 0 Å². The molecule has 3 heterocycles. The SMILES string of the molecule is COc1ccc(F)cc1[C@H](Cn1c(=O)n(C(C)(C)C(N)=O)c(=O)c2c(C)c(-n3cccn3)sc21)OC1CCC(=O)CC1. The number of aromatic nitrogens is 4. The van der Waals surface area contributed by atoms with Crippen molar-refractivity contribution in [2.45, 2.75) is 70.7 Å². The highest BCUT2D eigenvalue weighted by atomic mass is 32.1. The van der Waals surface area contributed by atoms with Gasteiger partial charge in [-0.05, 0) is 57.9 Å². The molecule has 3 aromatic heterocycles. The highest BCUT2D eigenvalue weighted by Gasteiger charge is 2.35. The summed E-state index contributed by atoms with van der Waals surface area (Å²) in [5.41, 5.74) is 3.50. The number of carbonyl (C=O) groups is 2. The third-order valence-electron chi connectivity index (χ3n) is 7.80. The summed E-state index contributed by atoms with van der Waals surface area (Å²) in [6.45, 7) is 4.42. The zero-order valence-corrected chi connectivity index (χ0v) is 24.6. The van der Waals surface area contributed by atoms with Gasteiger partial charge >= 0.3 is 5.69 Å². The molecule has 13 heteroatoms. The molecule has 1 aromatic carbocycles. The largest absolute Gasteiger partial charge is 0.496 e. The Bertz CT molecular complexity index is 1780. The van der Waals surface area contributed by atoms with E-state index in [1.54, 1.807) is 30.1 Å². The molecule has 1 atom stereocenters. The van der Waals surface area contributed by atoms with Crippen LogP contribution in [0.4, 0.5) is 4.39 Å². The van der Waals surface area contributed by atoms with Crippen molar-refractivity contribution in [2.75, 3.05) is 7.11 Å². The van der Waals surface area contributed by atoms with E-state index in [-0.39, 0.29) is 23.8 Å². The number of methoxy groups -OCH3 is 1. The molecule has 1 saturated carbocycles. The Labute approximate surface area is 244 Å². The summed E-state index contributed by atoms with van der Waals surface area (Å²) in [7, 11) is 1.45. The minimum atomic E-state index is -1.67. The van der Waals surface area contributed by atoms with E-state index in [9.17, 15) is 23.6 Å². The number of ketones is 1. The molecular formula is C29H32FN5O6S. The number of amides is 1. The molecule has 0 spiro atoms. The van der Waals surface area contributed by atoms with Crippen LogP contribution in [-0.4, -0.2) is 43.8 Å². The van der Waals surface area contributed by atoms with Crippen LogP contribution >= 0.6 is 11.3 Å². The highest BCUT2D eigenvalue weighted by Crippen LogP contribution is 2.36. The van der Waals surface area contributed by atoms with Crippen molar-refractivity contribution in [3.8, 4) is 10.8 Å². The van der Waals surface area contributed by atoms with Gasteiger partial charge in [0.1, 0.15) is 38.8 Å². The van der Waals surface area contributed by atoms with Gasteiger partial charge in [-0.3, -0.25) is 19.0 Å². The van der Waals surface area contributed by atoms with Gasteiger partial charge in [-0.25, -0.2) is 18.4 Å². The first-order chi connectivity index (χ1) is 19.9. The number of carbonyl (C=O) groups excluding carboxylic acids is 2. The Morgan fingerprint density at radius 3 is 2.57 bits per heavy atom. The number of primary amides is 1. The molecule has 222 valence electrons. The number of rotatable bonds is 9. The van der Waals surface area contributed by atoms with Crippen molar-refractivity contribution in [1.82, 2.24) is 18.9 Å². The molecule has 0 bridgehead atoms. The van der Waals surface area contributed by atoms with Crippen LogP contribution in [0.1, 0.15) is 56.8 Å². The molecule has 4 aromatic rings. The lowest BCUT2D eigenvalue weighted by molar-refractivity contribution is -0.126. The van der Waals surface area contributed by atoms with E-state index in [4.69, 9.17) is 15.2 Å². The van der Waals surface area contributed by atoms with Crippen LogP contribution in [0.25, 0.3) is 15.2 Å². The van der Waals surface area contributed by atoms with Gasteiger partial charge < -0.3 is 15.2 Å². The summed E-state index contributed by atoms with van der Waals surface area (Å²) in [5, 5.41) is 5.14. The normalized spacial score (nSPS) is 15.3. The number of ether oxygens (including phenoxy) is 2. The number of hydrogen-bond donors (Lipinski definition) is 1. The van der Waals surface area contributed by atoms with Gasteiger partial charge in [-0.1, -0.05) is 11.3 Å². The van der Waals surface area contributed by atoms with Crippen molar-refractivity contribution in [2.24, 2.45) is 5.73 Å². The van der Waals surface area contributed by atoms with Crippen molar-refractivity contribution >= 4 is 33.2 Å². The molecule has 1 aliphatic rings. The maximum absolute atomic E-state index is 14.6. The predicted molar refractivity (Wildman–Crippen MR) is 155 cm³/mol. The number of halogens is 1. The average molecular weight is 598 g/mol. The number of Topliss-reactive ketones (excluding diaryl/α,β-unsaturated/α-hetero) is 1. The summed E-state index contributed by atoms with van der Waals surface area (Å²) in [4.78, 5) is 52.8. The van der Waals surface area contributed by atoms with Crippen LogP contribution in [0.5, 0.6) is 5.75 Å². The Morgan fingerprint density at radius 1 is 1.24 bits per heavy atom. The number of hydrogen-bond acceptors (Lipinski definition) is 8. The summed E-state index contributed by atoms with van der Waals surface area (Å²) in [6.07, 6.45) is 3.76. The number of nitrogens with zero attached hydrogens (tertiary/aromatic N) is 4. The van der Waals surface area contributed by atoms with E-state index in [0.717, 1.165) is 4.57 Å². The van der Waals surface area contributed by atoms with Gasteiger partial charge in [0.05, 0.1) is 25.1 Å². The molecule has 0 aliphatic heterocycles. The maximum atomic E-state index is 14.6. The summed E-state index contributed by atoms with van der Waals surface area (Å²) < 4.78 is 30.4. The van der Waals surface area contributed by atoms with Crippen LogP contribution in [0.3, 0.4) is 0 Å². The zero-order valence-electron chi connectivity index (χ0n) is 23.8. The summed E-state index contributed by atoms with van der Waals surface area (Å²) >= 11 is 1.19. The first kappa shape index (κ1) is 29.4. The lowest BCUT2D eigenvalue weighted by atomic mass is 9.96. The molecule has 5 rings (SSSR count). The quantitative estimate of drug-likeness (QED) is 0.312. The average Bonchev–Trinajstić information content (AvgIpc) is 3.59. The number of benzene rings is 1. The third-order valence-corrected chi connectivity index (χ3v) is 9.10. The second-order valence-corrected chi connectivity index (χ2v) is 11.8. The highest BCUT2D eigenvalue weighted by molar-refractivity contribution is 7.21. The molecular weight excluding hydrogens is 565 g/mol. The fraction of sp³-hybridized carbons (Fsp3) is 0.414. The monoisotopic (exact) mass is 597 g/mol. The predicted octanol–water partition coefficient (Wildman–Crippen LogP) is 3.36. The summed E-state index contributed by atoms with van der Waals surface area (Å²) in [6, 6.07) is 5.77. The third kappa shape index (κ3) is 5.18. The van der Waals surface area contributed by atoms with E-state index in [2.05, 4.69) is 5.10 Å². The second-order valence-electron chi connectivity index (χ2n) is 10.9. The van der Waals surface area contributed by atoms with Crippen LogP contribution < -0.4 is 21.7 Å². The molecule has 42 heavy (non-hydrogen) atoms. The molecule has 1 amide bonds. The fourth-order valence-corrected chi connectivity index (χ4v) is 6.57. The molecule has 0 radical (unpaired) electrons. The topological polar surface area (TPSA) is 140 Å². The number of thiophene rings is 1. The van der Waals surface area contributed by atoms with Crippen LogP contribution in [0, 0.1) is 12.7 Å². The maximum Gasteiger partial charge on any atom is 0.333 e. The Balaban J connectivity index is 1.76. The minimum absolute atomic E-state index is 0.146. The Kier molecular flexibility index (Phi) is 7.90. The van der Waals surface area contributed by atoms with E-state index < -0.39 is 34.6 Å². The van der Waals surface area contributed by atoms with E-state index >= 15 is 0 Å². The van der Waals surface area contributed by atoms with E-state index in [0.29, 0.717) is 52.4 Å². The van der Waals surface area contributed by atoms with Gasteiger partial charge in [-0.15, -0.1) is 0 Å².